The van der Waals surface area contributed by atoms with Gasteiger partial charge in [0.1, 0.15) is 5.60 Å². The zero-order chi connectivity index (χ0) is 14.5. The van der Waals surface area contributed by atoms with Gasteiger partial charge in [-0.2, -0.15) is 0 Å². The summed E-state index contributed by atoms with van der Waals surface area (Å²) in [6.45, 7) is 7.37. The zero-order valence-electron chi connectivity index (χ0n) is 11.9. The molecule has 0 heterocycles. The molecule has 0 radical (unpaired) electrons. The predicted molar refractivity (Wildman–Crippen MR) is 79.0 cm³/mol. The maximum absolute atomic E-state index is 11.7. The van der Waals surface area contributed by atoms with Crippen LogP contribution in [0.3, 0.4) is 0 Å². The summed E-state index contributed by atoms with van der Waals surface area (Å²) in [7, 11) is 0. The minimum Gasteiger partial charge on any atom is -0.444 e. The summed E-state index contributed by atoms with van der Waals surface area (Å²) in [6.07, 6.45) is 3.29. The highest BCUT2D eigenvalue weighted by Gasteiger charge is 2.16. The van der Waals surface area contributed by atoms with Crippen LogP contribution in [0.2, 0.25) is 0 Å². The van der Waals surface area contributed by atoms with E-state index in [2.05, 4.69) is 5.32 Å². The van der Waals surface area contributed by atoms with Crippen molar-refractivity contribution >= 4 is 17.9 Å². The van der Waals surface area contributed by atoms with E-state index < -0.39 is 11.7 Å². The average molecular weight is 262 g/mol. The number of hydrogen-bond donors (Lipinski definition) is 2. The van der Waals surface area contributed by atoms with E-state index in [0.717, 1.165) is 5.56 Å². The maximum Gasteiger partial charge on any atom is 0.412 e. The molecule has 1 unspecified atom stereocenters. The van der Waals surface area contributed by atoms with E-state index in [1.807, 2.05) is 64.1 Å². The molecule has 4 heteroatoms. The van der Waals surface area contributed by atoms with Crippen LogP contribution in [0, 0.1) is 0 Å². The van der Waals surface area contributed by atoms with Crippen LogP contribution in [-0.4, -0.2) is 17.7 Å². The number of para-hydroxylation sites is 1. The number of ether oxygens (including phenoxy) is 1. The molecule has 0 fully saturated rings. The molecular formula is C15H22N2O2. The van der Waals surface area contributed by atoms with Crippen molar-refractivity contribution in [1.82, 2.24) is 0 Å². The normalized spacial score (nSPS) is 13.3. The number of rotatable bonds is 3. The first-order chi connectivity index (χ1) is 8.78. The van der Waals surface area contributed by atoms with E-state index in [0.29, 0.717) is 5.69 Å². The molecule has 0 spiro atoms. The van der Waals surface area contributed by atoms with Crippen LogP contribution < -0.4 is 11.1 Å². The molecule has 0 aromatic heterocycles. The fourth-order valence-corrected chi connectivity index (χ4v) is 1.43. The molecule has 19 heavy (non-hydrogen) atoms. The lowest BCUT2D eigenvalue weighted by molar-refractivity contribution is 0.0636. The molecule has 0 aliphatic carbocycles. The molecule has 1 amide bonds. The highest BCUT2D eigenvalue weighted by molar-refractivity contribution is 5.88. The number of hydrogen-bond acceptors (Lipinski definition) is 3. The molecule has 0 saturated carbocycles. The van der Waals surface area contributed by atoms with Gasteiger partial charge in [0.15, 0.2) is 0 Å². The summed E-state index contributed by atoms with van der Waals surface area (Å²) in [5.74, 6) is 0. The first-order valence-corrected chi connectivity index (χ1v) is 6.31. The second-order valence-corrected chi connectivity index (χ2v) is 5.43. The largest absolute Gasteiger partial charge is 0.444 e. The van der Waals surface area contributed by atoms with Gasteiger partial charge < -0.3 is 10.5 Å². The number of carbonyl (C=O) groups is 1. The summed E-state index contributed by atoms with van der Waals surface area (Å²) >= 11 is 0. The van der Waals surface area contributed by atoms with E-state index in [-0.39, 0.29) is 6.04 Å². The second kappa shape index (κ2) is 6.38. The minimum absolute atomic E-state index is 0.0328. The Morgan fingerprint density at radius 2 is 2.00 bits per heavy atom. The van der Waals surface area contributed by atoms with Gasteiger partial charge >= 0.3 is 6.09 Å². The van der Waals surface area contributed by atoms with Crippen molar-refractivity contribution in [2.24, 2.45) is 5.73 Å². The van der Waals surface area contributed by atoms with Crippen LogP contribution in [0.1, 0.15) is 33.3 Å². The monoisotopic (exact) mass is 262 g/mol. The first-order valence-electron chi connectivity index (χ1n) is 6.31. The van der Waals surface area contributed by atoms with Gasteiger partial charge in [-0.05, 0) is 39.3 Å². The third-order valence-electron chi connectivity index (χ3n) is 2.18. The van der Waals surface area contributed by atoms with E-state index >= 15 is 0 Å². The van der Waals surface area contributed by atoms with E-state index in [1.54, 1.807) is 0 Å². The van der Waals surface area contributed by atoms with Crippen molar-refractivity contribution in [1.29, 1.82) is 0 Å². The summed E-state index contributed by atoms with van der Waals surface area (Å²) in [6, 6.07) is 7.46. The topological polar surface area (TPSA) is 64.3 Å². The number of nitrogens with one attached hydrogen (secondary N) is 1. The highest BCUT2D eigenvalue weighted by atomic mass is 16.6. The van der Waals surface area contributed by atoms with Crippen LogP contribution in [0.4, 0.5) is 10.5 Å². The Labute approximate surface area is 114 Å². The van der Waals surface area contributed by atoms with Gasteiger partial charge in [-0.3, -0.25) is 5.32 Å². The van der Waals surface area contributed by atoms with Crippen molar-refractivity contribution in [2.75, 3.05) is 5.32 Å². The lowest BCUT2D eigenvalue weighted by atomic mass is 10.1. The van der Waals surface area contributed by atoms with E-state index in [1.165, 1.54) is 0 Å². The van der Waals surface area contributed by atoms with Crippen LogP contribution >= 0.6 is 0 Å². The van der Waals surface area contributed by atoms with Crippen LogP contribution in [-0.2, 0) is 4.74 Å². The van der Waals surface area contributed by atoms with E-state index in [4.69, 9.17) is 10.5 Å². The summed E-state index contributed by atoms with van der Waals surface area (Å²) in [5, 5.41) is 2.74. The van der Waals surface area contributed by atoms with Crippen molar-refractivity contribution < 1.29 is 9.53 Å². The van der Waals surface area contributed by atoms with Gasteiger partial charge in [0.25, 0.3) is 0 Å². The molecule has 104 valence electrons. The Hall–Kier alpha value is -1.81. The van der Waals surface area contributed by atoms with Crippen LogP contribution in [0.15, 0.2) is 30.3 Å². The highest BCUT2D eigenvalue weighted by Crippen LogP contribution is 2.18. The SMILES string of the molecule is CC(N)/C=C/c1ccccc1NC(=O)OC(C)(C)C. The van der Waals surface area contributed by atoms with Crippen LogP contribution in [0.25, 0.3) is 6.08 Å². The third-order valence-corrected chi connectivity index (χ3v) is 2.18. The molecule has 0 saturated heterocycles. The van der Waals surface area contributed by atoms with Crippen molar-refractivity contribution in [3.8, 4) is 0 Å². The standard InChI is InChI=1S/C15H22N2O2/c1-11(16)9-10-12-7-5-6-8-13(12)17-14(18)19-15(2,3)4/h5-11H,16H2,1-4H3,(H,17,18)/b10-9+. The average Bonchev–Trinajstić information content (AvgIpc) is 2.25. The number of benzene rings is 1. The Kier molecular flexibility index (Phi) is 5.12. The van der Waals surface area contributed by atoms with Crippen molar-refractivity contribution in [3.63, 3.8) is 0 Å². The Balaban J connectivity index is 2.81. The molecule has 0 aliphatic heterocycles. The van der Waals surface area contributed by atoms with E-state index in [9.17, 15) is 4.79 Å². The van der Waals surface area contributed by atoms with Crippen molar-refractivity contribution in [2.45, 2.75) is 39.3 Å². The van der Waals surface area contributed by atoms with Crippen molar-refractivity contribution in [3.05, 3.63) is 35.9 Å². The minimum atomic E-state index is -0.513. The lowest BCUT2D eigenvalue weighted by Crippen LogP contribution is -2.27. The number of anilines is 1. The molecule has 1 rings (SSSR count). The lowest BCUT2D eigenvalue weighted by Gasteiger charge is -2.20. The number of nitrogens with two attached hydrogens (primary N) is 1. The molecule has 3 N–H and O–H groups in total. The molecule has 0 bridgehead atoms. The molecule has 1 aromatic carbocycles. The fraction of sp³-hybridized carbons (Fsp3) is 0.400. The Bertz CT molecular complexity index is 459. The zero-order valence-corrected chi connectivity index (χ0v) is 11.9. The van der Waals surface area contributed by atoms with Gasteiger partial charge in [-0.25, -0.2) is 4.79 Å². The first kappa shape index (κ1) is 15.2. The van der Waals surface area contributed by atoms with Crippen LogP contribution in [0.5, 0.6) is 0 Å². The Morgan fingerprint density at radius 1 is 1.37 bits per heavy atom. The maximum atomic E-state index is 11.7. The quantitative estimate of drug-likeness (QED) is 0.877. The fourth-order valence-electron chi connectivity index (χ4n) is 1.43. The molecule has 1 aromatic rings. The summed E-state index contributed by atoms with van der Waals surface area (Å²) in [5.41, 5.74) is 6.76. The summed E-state index contributed by atoms with van der Waals surface area (Å²) < 4.78 is 5.22. The van der Waals surface area contributed by atoms with Gasteiger partial charge in [0.05, 0.1) is 5.69 Å². The molecular weight excluding hydrogens is 240 g/mol. The summed E-state index contributed by atoms with van der Waals surface area (Å²) in [4.78, 5) is 11.7. The number of carbonyl (C=O) groups excluding carboxylic acids is 1. The smallest absolute Gasteiger partial charge is 0.412 e. The van der Waals surface area contributed by atoms with Gasteiger partial charge in [0, 0.05) is 6.04 Å². The molecule has 4 nitrogen and oxygen atoms in total. The number of amides is 1. The second-order valence-electron chi connectivity index (χ2n) is 5.43. The Morgan fingerprint density at radius 3 is 2.58 bits per heavy atom. The van der Waals surface area contributed by atoms with Gasteiger partial charge in [-0.1, -0.05) is 30.4 Å². The molecule has 0 aliphatic rings. The third kappa shape index (κ3) is 6.06. The predicted octanol–water partition coefficient (Wildman–Crippen LogP) is 3.39. The van der Waals surface area contributed by atoms with Gasteiger partial charge in [0.2, 0.25) is 0 Å². The van der Waals surface area contributed by atoms with Gasteiger partial charge in [-0.15, -0.1) is 0 Å². The molecule has 1 atom stereocenters.